The van der Waals surface area contributed by atoms with E-state index in [1.165, 1.54) is 24.3 Å². The Kier molecular flexibility index (Phi) is 6.51. The fraction of sp³-hybridized carbons (Fsp3) is 0.227. The van der Waals surface area contributed by atoms with E-state index in [9.17, 15) is 13.2 Å². The van der Waals surface area contributed by atoms with Crippen LogP contribution in [0.3, 0.4) is 0 Å². The van der Waals surface area contributed by atoms with E-state index in [-0.39, 0.29) is 34.1 Å². The molecule has 6 nitrogen and oxygen atoms in total. The van der Waals surface area contributed by atoms with Crippen LogP contribution < -0.4 is 5.32 Å². The molecule has 0 saturated heterocycles. The van der Waals surface area contributed by atoms with Crippen LogP contribution in [0.2, 0.25) is 0 Å². The van der Waals surface area contributed by atoms with Crippen molar-refractivity contribution in [1.82, 2.24) is 10.2 Å². The minimum absolute atomic E-state index is 0.00745. The number of rotatable bonds is 8. The highest BCUT2D eigenvalue weighted by Gasteiger charge is 2.20. The van der Waals surface area contributed by atoms with Crippen LogP contribution >= 0.6 is 0 Å². The van der Waals surface area contributed by atoms with E-state index in [2.05, 4.69) is 5.32 Å². The SMILES string of the molecule is CN(C)C(CNC(=O)c1ccc(CS(=O)(=O)c2ccccc2)o1)c1ccccc1. The molecule has 0 saturated carbocycles. The quantitative estimate of drug-likeness (QED) is 0.614. The number of likely N-dealkylation sites (N-methyl/N-ethyl adjacent to an activating group) is 1. The van der Waals surface area contributed by atoms with Gasteiger partial charge in [-0.15, -0.1) is 0 Å². The Morgan fingerprint density at radius 3 is 2.21 bits per heavy atom. The van der Waals surface area contributed by atoms with Crippen molar-refractivity contribution in [3.8, 4) is 0 Å². The Morgan fingerprint density at radius 2 is 1.59 bits per heavy atom. The number of sulfone groups is 1. The van der Waals surface area contributed by atoms with E-state index in [0.29, 0.717) is 6.54 Å². The second-order valence-corrected chi connectivity index (χ2v) is 8.93. The third-order valence-electron chi connectivity index (χ3n) is 4.58. The molecule has 0 radical (unpaired) electrons. The molecule has 3 aromatic rings. The Balaban J connectivity index is 1.65. The fourth-order valence-electron chi connectivity index (χ4n) is 3.03. The summed E-state index contributed by atoms with van der Waals surface area (Å²) in [5.41, 5.74) is 1.09. The maximum absolute atomic E-state index is 12.5. The lowest BCUT2D eigenvalue weighted by molar-refractivity contribution is 0.0912. The van der Waals surface area contributed by atoms with Gasteiger partial charge in [0.25, 0.3) is 5.91 Å². The van der Waals surface area contributed by atoms with Crippen molar-refractivity contribution in [3.63, 3.8) is 0 Å². The predicted octanol–water partition coefficient (Wildman–Crippen LogP) is 3.29. The summed E-state index contributed by atoms with van der Waals surface area (Å²) >= 11 is 0. The van der Waals surface area contributed by atoms with E-state index in [1.807, 2.05) is 49.3 Å². The van der Waals surface area contributed by atoms with E-state index in [1.54, 1.807) is 18.2 Å². The van der Waals surface area contributed by atoms with Crippen molar-refractivity contribution in [2.45, 2.75) is 16.7 Å². The lowest BCUT2D eigenvalue weighted by atomic mass is 10.1. The van der Waals surface area contributed by atoms with E-state index in [4.69, 9.17) is 4.42 Å². The van der Waals surface area contributed by atoms with Crippen molar-refractivity contribution < 1.29 is 17.6 Å². The molecule has 1 N–H and O–H groups in total. The zero-order chi connectivity index (χ0) is 20.9. The van der Waals surface area contributed by atoms with Crippen molar-refractivity contribution in [3.05, 3.63) is 89.9 Å². The first-order chi connectivity index (χ1) is 13.9. The molecule has 1 amide bonds. The van der Waals surface area contributed by atoms with Gasteiger partial charge in [-0.25, -0.2) is 8.42 Å². The van der Waals surface area contributed by atoms with Crippen LogP contribution in [0.4, 0.5) is 0 Å². The Bertz CT molecular complexity index is 1040. The Labute approximate surface area is 171 Å². The zero-order valence-electron chi connectivity index (χ0n) is 16.4. The largest absolute Gasteiger partial charge is 0.455 e. The molecule has 0 aliphatic heterocycles. The van der Waals surface area contributed by atoms with Crippen LogP contribution in [0.25, 0.3) is 0 Å². The number of furan rings is 1. The van der Waals surface area contributed by atoms with Crippen LogP contribution in [0, 0.1) is 0 Å². The highest BCUT2D eigenvalue weighted by atomic mass is 32.2. The van der Waals surface area contributed by atoms with Crippen molar-refractivity contribution >= 4 is 15.7 Å². The zero-order valence-corrected chi connectivity index (χ0v) is 17.2. The van der Waals surface area contributed by atoms with Crippen LogP contribution in [0.5, 0.6) is 0 Å². The van der Waals surface area contributed by atoms with Gasteiger partial charge in [0.1, 0.15) is 11.5 Å². The second kappa shape index (κ2) is 9.07. The summed E-state index contributed by atoms with van der Waals surface area (Å²) in [6.45, 7) is 0.397. The lowest BCUT2D eigenvalue weighted by Crippen LogP contribution is -2.34. The first-order valence-corrected chi connectivity index (χ1v) is 10.9. The van der Waals surface area contributed by atoms with Gasteiger partial charge in [-0.2, -0.15) is 0 Å². The standard InChI is InChI=1S/C22H24N2O4S/c1-24(2)20(17-9-5-3-6-10-17)15-23-22(25)21-14-13-18(28-21)16-29(26,27)19-11-7-4-8-12-19/h3-14,20H,15-16H2,1-2H3,(H,23,25). The molecule has 0 spiro atoms. The molecule has 0 aliphatic rings. The van der Waals surface area contributed by atoms with Gasteiger partial charge in [0.2, 0.25) is 0 Å². The second-order valence-electron chi connectivity index (χ2n) is 6.94. The maximum atomic E-state index is 12.5. The lowest BCUT2D eigenvalue weighted by Gasteiger charge is -2.24. The average Bonchev–Trinajstić information content (AvgIpc) is 3.17. The summed E-state index contributed by atoms with van der Waals surface area (Å²) in [4.78, 5) is 14.7. The van der Waals surface area contributed by atoms with Gasteiger partial charge in [-0.1, -0.05) is 48.5 Å². The van der Waals surface area contributed by atoms with Crippen LogP contribution in [0.1, 0.15) is 27.9 Å². The number of hydrogen-bond acceptors (Lipinski definition) is 5. The summed E-state index contributed by atoms with van der Waals surface area (Å²) < 4.78 is 30.4. The number of hydrogen-bond donors (Lipinski definition) is 1. The Morgan fingerprint density at radius 1 is 0.966 bits per heavy atom. The van der Waals surface area contributed by atoms with E-state index >= 15 is 0 Å². The molecule has 2 aromatic carbocycles. The number of benzene rings is 2. The molecule has 0 bridgehead atoms. The molecule has 1 unspecified atom stereocenters. The molecule has 3 rings (SSSR count). The number of nitrogens with one attached hydrogen (secondary N) is 1. The monoisotopic (exact) mass is 412 g/mol. The number of carbonyl (C=O) groups is 1. The van der Waals surface area contributed by atoms with Gasteiger partial charge in [0.15, 0.2) is 15.6 Å². The minimum Gasteiger partial charge on any atom is -0.455 e. The van der Waals surface area contributed by atoms with Crippen molar-refractivity contribution in [2.24, 2.45) is 0 Å². The third-order valence-corrected chi connectivity index (χ3v) is 6.24. The number of nitrogens with zero attached hydrogens (tertiary/aromatic N) is 1. The van der Waals surface area contributed by atoms with Crippen LogP contribution in [0.15, 0.2) is 82.1 Å². The summed E-state index contributed by atoms with van der Waals surface area (Å²) in [5, 5.41) is 2.86. The minimum atomic E-state index is -3.53. The van der Waals surface area contributed by atoms with E-state index < -0.39 is 9.84 Å². The summed E-state index contributed by atoms with van der Waals surface area (Å²) in [5.74, 6) is -0.356. The summed E-state index contributed by atoms with van der Waals surface area (Å²) in [7, 11) is 0.365. The van der Waals surface area contributed by atoms with Gasteiger partial charge in [-0.05, 0) is 43.9 Å². The molecule has 0 aliphatic carbocycles. The van der Waals surface area contributed by atoms with Gasteiger partial charge in [0.05, 0.1) is 10.9 Å². The predicted molar refractivity (Wildman–Crippen MR) is 111 cm³/mol. The van der Waals surface area contributed by atoms with Gasteiger partial charge < -0.3 is 14.6 Å². The fourth-order valence-corrected chi connectivity index (χ4v) is 4.29. The van der Waals surface area contributed by atoms with E-state index in [0.717, 1.165) is 5.56 Å². The van der Waals surface area contributed by atoms with Gasteiger partial charge in [0, 0.05) is 6.54 Å². The maximum Gasteiger partial charge on any atom is 0.287 e. The molecular formula is C22H24N2O4S. The number of amides is 1. The Hall–Kier alpha value is -2.90. The summed E-state index contributed by atoms with van der Waals surface area (Å²) in [6.07, 6.45) is 0. The molecule has 29 heavy (non-hydrogen) atoms. The first kappa shape index (κ1) is 20.8. The van der Waals surface area contributed by atoms with Crippen LogP contribution in [-0.4, -0.2) is 39.9 Å². The van der Waals surface area contributed by atoms with Gasteiger partial charge >= 0.3 is 0 Å². The number of carbonyl (C=O) groups excluding carboxylic acids is 1. The topological polar surface area (TPSA) is 79.6 Å². The molecule has 7 heteroatoms. The van der Waals surface area contributed by atoms with Crippen molar-refractivity contribution in [2.75, 3.05) is 20.6 Å². The molecule has 1 atom stereocenters. The third kappa shape index (κ3) is 5.34. The average molecular weight is 413 g/mol. The summed E-state index contributed by atoms with van der Waals surface area (Å²) in [6, 6.07) is 21.1. The normalized spacial score (nSPS) is 12.7. The molecule has 0 fully saturated rings. The van der Waals surface area contributed by atoms with Gasteiger partial charge in [-0.3, -0.25) is 4.79 Å². The van der Waals surface area contributed by atoms with Crippen LogP contribution in [-0.2, 0) is 15.6 Å². The first-order valence-electron chi connectivity index (χ1n) is 9.23. The molecule has 1 heterocycles. The highest BCUT2D eigenvalue weighted by molar-refractivity contribution is 7.90. The molecule has 1 aromatic heterocycles. The smallest absolute Gasteiger partial charge is 0.287 e. The molecule has 152 valence electrons. The molecular weight excluding hydrogens is 388 g/mol. The van der Waals surface area contributed by atoms with Crippen molar-refractivity contribution in [1.29, 1.82) is 0 Å². The highest BCUT2D eigenvalue weighted by Crippen LogP contribution is 2.19.